The standard InChI is InChI=1S/C10H14B2O/c1-2-3-8-4-5-10(13-12)9(6-8)7-11/h2-6H,7,11-12H2,1H3/b3-2+. The summed E-state index contributed by atoms with van der Waals surface area (Å²) in [4.78, 5) is 0. The van der Waals surface area contributed by atoms with E-state index in [1.54, 1.807) is 8.05 Å². The summed E-state index contributed by atoms with van der Waals surface area (Å²) in [6.07, 6.45) is 5.15. The van der Waals surface area contributed by atoms with Crippen LogP contribution in [0.5, 0.6) is 5.75 Å². The summed E-state index contributed by atoms with van der Waals surface area (Å²) in [5, 5.41) is 0. The maximum atomic E-state index is 5.25. The Morgan fingerprint density at radius 1 is 1.46 bits per heavy atom. The van der Waals surface area contributed by atoms with Gasteiger partial charge in [0.25, 0.3) is 0 Å². The van der Waals surface area contributed by atoms with E-state index in [1.807, 2.05) is 19.1 Å². The van der Waals surface area contributed by atoms with Gasteiger partial charge in [-0.05, 0) is 30.2 Å². The summed E-state index contributed by atoms with van der Waals surface area (Å²) >= 11 is 0. The van der Waals surface area contributed by atoms with Crippen molar-refractivity contribution in [2.45, 2.75) is 13.2 Å². The van der Waals surface area contributed by atoms with Crippen molar-refractivity contribution in [3.63, 3.8) is 0 Å². The highest BCUT2D eigenvalue weighted by Crippen LogP contribution is 2.20. The van der Waals surface area contributed by atoms with E-state index in [9.17, 15) is 0 Å². The molecule has 1 nitrogen and oxygen atoms in total. The lowest BCUT2D eigenvalue weighted by molar-refractivity contribution is 0.609. The van der Waals surface area contributed by atoms with Crippen LogP contribution < -0.4 is 4.65 Å². The zero-order valence-corrected chi connectivity index (χ0v) is 8.50. The van der Waals surface area contributed by atoms with E-state index in [2.05, 4.69) is 26.1 Å². The molecule has 1 aromatic rings. The average molecular weight is 172 g/mol. The van der Waals surface area contributed by atoms with Gasteiger partial charge in [0, 0.05) is 0 Å². The second-order valence-electron chi connectivity index (χ2n) is 2.92. The highest BCUT2D eigenvalue weighted by atomic mass is 16.4. The number of allylic oxidation sites excluding steroid dienone is 1. The lowest BCUT2D eigenvalue weighted by Gasteiger charge is -2.07. The predicted molar refractivity (Wildman–Crippen MR) is 62.6 cm³/mol. The Morgan fingerprint density at radius 3 is 2.77 bits per heavy atom. The second kappa shape index (κ2) is 4.80. The van der Waals surface area contributed by atoms with E-state index in [4.69, 9.17) is 4.65 Å². The Morgan fingerprint density at radius 2 is 2.23 bits per heavy atom. The molecule has 0 saturated heterocycles. The summed E-state index contributed by atoms with van der Waals surface area (Å²) in [5.41, 5.74) is 2.50. The molecule has 1 aromatic carbocycles. The molecule has 0 saturated carbocycles. The summed E-state index contributed by atoms with van der Waals surface area (Å²) in [6.45, 7) is 2.02. The molecular formula is C10H14B2O. The van der Waals surface area contributed by atoms with E-state index in [-0.39, 0.29) is 0 Å². The van der Waals surface area contributed by atoms with Gasteiger partial charge in [0.1, 0.15) is 13.6 Å². The van der Waals surface area contributed by atoms with E-state index in [0.717, 1.165) is 12.1 Å². The molecule has 66 valence electrons. The molecule has 0 fully saturated rings. The van der Waals surface area contributed by atoms with Gasteiger partial charge in [0.2, 0.25) is 0 Å². The molecule has 1 rings (SSSR count). The molecule has 13 heavy (non-hydrogen) atoms. The first-order valence-corrected chi connectivity index (χ1v) is 4.61. The first-order chi connectivity index (χ1) is 6.31. The van der Waals surface area contributed by atoms with Crippen molar-refractivity contribution in [2.24, 2.45) is 0 Å². The molecule has 0 radical (unpaired) electrons. The van der Waals surface area contributed by atoms with Gasteiger partial charge in [0.15, 0.2) is 0 Å². The lowest BCUT2D eigenvalue weighted by Crippen LogP contribution is -1.93. The van der Waals surface area contributed by atoms with E-state index < -0.39 is 0 Å². The Kier molecular flexibility index (Phi) is 3.69. The normalized spacial score (nSPS) is 10.5. The lowest BCUT2D eigenvalue weighted by atomic mass is 9.94. The molecule has 0 spiro atoms. The van der Waals surface area contributed by atoms with Crippen molar-refractivity contribution >= 4 is 22.0 Å². The third-order valence-corrected chi connectivity index (χ3v) is 2.04. The fourth-order valence-electron chi connectivity index (χ4n) is 1.37. The van der Waals surface area contributed by atoms with Gasteiger partial charge in [0.05, 0.1) is 0 Å². The van der Waals surface area contributed by atoms with E-state index in [0.29, 0.717) is 0 Å². The first kappa shape index (κ1) is 9.97. The van der Waals surface area contributed by atoms with Crippen LogP contribution in [0.3, 0.4) is 0 Å². The predicted octanol–water partition coefficient (Wildman–Crippen LogP) is 0.780. The van der Waals surface area contributed by atoms with Crippen molar-refractivity contribution in [3.05, 3.63) is 35.4 Å². The van der Waals surface area contributed by atoms with Gasteiger partial charge in [-0.25, -0.2) is 0 Å². The molecule has 0 aliphatic carbocycles. The minimum atomic E-state index is 0.982. The third kappa shape index (κ3) is 2.41. The van der Waals surface area contributed by atoms with Gasteiger partial charge in [-0.1, -0.05) is 24.5 Å². The van der Waals surface area contributed by atoms with E-state index in [1.165, 1.54) is 11.1 Å². The smallest absolute Gasteiger partial charge is 0.322 e. The Balaban J connectivity index is 3.05. The van der Waals surface area contributed by atoms with Crippen LogP contribution in [0.4, 0.5) is 0 Å². The molecule has 0 atom stereocenters. The Hall–Kier alpha value is -1.11. The quantitative estimate of drug-likeness (QED) is 0.612. The molecule has 0 N–H and O–H groups in total. The molecule has 0 aliphatic heterocycles. The maximum Gasteiger partial charge on any atom is 0.322 e. The molecule has 0 aromatic heterocycles. The van der Waals surface area contributed by atoms with Crippen LogP contribution in [-0.2, 0) is 6.32 Å². The van der Waals surface area contributed by atoms with Crippen molar-refractivity contribution in [2.75, 3.05) is 0 Å². The summed E-state index contributed by atoms with van der Waals surface area (Å²) < 4.78 is 5.25. The number of rotatable bonds is 3. The van der Waals surface area contributed by atoms with Crippen LogP contribution in [0, 0.1) is 0 Å². The van der Waals surface area contributed by atoms with Gasteiger partial charge in [-0.2, -0.15) is 0 Å². The van der Waals surface area contributed by atoms with E-state index >= 15 is 0 Å². The first-order valence-electron chi connectivity index (χ1n) is 4.61. The highest BCUT2D eigenvalue weighted by molar-refractivity contribution is 6.08. The third-order valence-electron chi connectivity index (χ3n) is 2.04. The fraction of sp³-hybridized carbons (Fsp3) is 0.200. The number of benzene rings is 1. The van der Waals surface area contributed by atoms with Gasteiger partial charge in [-0.3, -0.25) is 0 Å². The number of hydrogen-bond acceptors (Lipinski definition) is 1. The number of hydrogen-bond donors (Lipinski definition) is 0. The fourth-order valence-corrected chi connectivity index (χ4v) is 1.37. The Labute approximate surface area is 81.7 Å². The van der Waals surface area contributed by atoms with Crippen LogP contribution in [0.2, 0.25) is 0 Å². The molecule has 0 heterocycles. The van der Waals surface area contributed by atoms with Crippen LogP contribution in [-0.4, -0.2) is 15.9 Å². The SMILES string of the molecule is BCc1cc(/C=C/C)ccc1OB. The summed E-state index contributed by atoms with van der Waals surface area (Å²) in [5.74, 6) is 0.982. The molecular weight excluding hydrogens is 158 g/mol. The zero-order valence-electron chi connectivity index (χ0n) is 8.50. The van der Waals surface area contributed by atoms with Crippen LogP contribution in [0.25, 0.3) is 6.08 Å². The largest absolute Gasteiger partial charge is 0.568 e. The molecule has 0 unspecified atom stereocenters. The van der Waals surface area contributed by atoms with Crippen molar-refractivity contribution in [3.8, 4) is 5.75 Å². The van der Waals surface area contributed by atoms with Crippen molar-refractivity contribution in [1.29, 1.82) is 0 Å². The minimum absolute atomic E-state index is 0.982. The molecule has 3 heteroatoms. The summed E-state index contributed by atoms with van der Waals surface area (Å²) in [7, 11) is 3.85. The average Bonchev–Trinajstić information content (AvgIpc) is 2.18. The van der Waals surface area contributed by atoms with Crippen LogP contribution in [0.15, 0.2) is 24.3 Å². The Bertz CT molecular complexity index is 308. The summed E-state index contributed by atoms with van der Waals surface area (Å²) in [6, 6.07) is 6.25. The molecule has 0 bridgehead atoms. The van der Waals surface area contributed by atoms with Gasteiger partial charge >= 0.3 is 8.05 Å². The highest BCUT2D eigenvalue weighted by Gasteiger charge is 1.99. The van der Waals surface area contributed by atoms with Gasteiger partial charge < -0.3 is 4.65 Å². The second-order valence-corrected chi connectivity index (χ2v) is 2.92. The molecule has 0 aliphatic rings. The minimum Gasteiger partial charge on any atom is -0.568 e. The zero-order chi connectivity index (χ0) is 9.68. The molecule has 0 amide bonds. The maximum absolute atomic E-state index is 5.25. The van der Waals surface area contributed by atoms with Gasteiger partial charge in [-0.15, -0.1) is 0 Å². The van der Waals surface area contributed by atoms with Crippen LogP contribution in [0.1, 0.15) is 18.1 Å². The topological polar surface area (TPSA) is 9.23 Å². The van der Waals surface area contributed by atoms with Crippen molar-refractivity contribution < 1.29 is 4.65 Å². The van der Waals surface area contributed by atoms with Crippen LogP contribution >= 0.6 is 0 Å². The monoisotopic (exact) mass is 172 g/mol. The van der Waals surface area contributed by atoms with Crippen molar-refractivity contribution in [1.82, 2.24) is 0 Å².